The van der Waals surface area contributed by atoms with Gasteiger partial charge in [-0.2, -0.15) is 0 Å². The second-order valence-electron chi connectivity index (χ2n) is 10.8. The van der Waals surface area contributed by atoms with Crippen molar-refractivity contribution >= 4 is 38.2 Å². The van der Waals surface area contributed by atoms with Gasteiger partial charge in [0.15, 0.2) is 0 Å². The minimum absolute atomic E-state index is 0.0463. The second kappa shape index (κ2) is 8.92. The van der Waals surface area contributed by atoms with Crippen LogP contribution in [0.2, 0.25) is 0 Å². The smallest absolute Gasteiger partial charge is 0.225 e. The number of amides is 1. The van der Waals surface area contributed by atoms with Crippen molar-refractivity contribution < 1.29 is 14.6 Å². The lowest BCUT2D eigenvalue weighted by molar-refractivity contribution is -0.130. The molecule has 0 spiro atoms. The molecule has 4 aromatic rings. The first kappa shape index (κ1) is 23.5. The quantitative estimate of drug-likeness (QED) is 0.335. The maximum Gasteiger partial charge on any atom is 0.225 e. The Morgan fingerprint density at radius 2 is 1.52 bits per heavy atom. The van der Waals surface area contributed by atoms with E-state index in [0.717, 1.165) is 12.8 Å². The molecule has 0 aliphatic heterocycles. The van der Waals surface area contributed by atoms with E-state index in [4.69, 9.17) is 4.74 Å². The number of aryl methyl sites for hydroxylation is 1. The van der Waals surface area contributed by atoms with Crippen LogP contribution in [-0.2, 0) is 16.0 Å². The molecule has 4 heteroatoms. The van der Waals surface area contributed by atoms with Crippen molar-refractivity contribution in [1.29, 1.82) is 0 Å². The molecule has 1 amide bonds. The Labute approximate surface area is 196 Å². The minimum Gasteiger partial charge on any atom is -0.389 e. The normalized spacial score (nSPS) is 13.8. The highest BCUT2D eigenvalue weighted by Crippen LogP contribution is 2.37. The molecule has 2 N–H and O–H groups in total. The van der Waals surface area contributed by atoms with E-state index in [9.17, 15) is 9.90 Å². The first-order chi connectivity index (χ1) is 15.5. The van der Waals surface area contributed by atoms with Crippen molar-refractivity contribution in [3.8, 4) is 0 Å². The molecule has 0 heterocycles. The summed E-state index contributed by atoms with van der Waals surface area (Å²) in [6, 6.07) is 19.6. The van der Waals surface area contributed by atoms with Crippen LogP contribution in [-0.4, -0.2) is 35.9 Å². The molecule has 0 saturated carbocycles. The van der Waals surface area contributed by atoms with Crippen LogP contribution in [0.15, 0.2) is 54.6 Å². The number of nitrogens with one attached hydrogen (secondary N) is 1. The zero-order valence-corrected chi connectivity index (χ0v) is 20.4. The number of aliphatic hydroxyl groups is 1. The Bertz CT molecular complexity index is 1250. The summed E-state index contributed by atoms with van der Waals surface area (Å²) < 4.78 is 5.60. The van der Waals surface area contributed by atoms with Gasteiger partial charge in [0.05, 0.1) is 18.3 Å². The van der Waals surface area contributed by atoms with E-state index in [1.165, 1.54) is 37.9 Å². The van der Waals surface area contributed by atoms with E-state index >= 15 is 0 Å². The summed E-state index contributed by atoms with van der Waals surface area (Å²) in [4.78, 5) is 12.9. The summed E-state index contributed by atoms with van der Waals surface area (Å²) in [7, 11) is 0. The van der Waals surface area contributed by atoms with Crippen LogP contribution >= 0.6 is 0 Å². The van der Waals surface area contributed by atoms with Gasteiger partial charge < -0.3 is 15.2 Å². The van der Waals surface area contributed by atoms with Crippen molar-refractivity contribution in [3.05, 3.63) is 60.2 Å². The summed E-state index contributed by atoms with van der Waals surface area (Å²) >= 11 is 0. The van der Waals surface area contributed by atoms with Crippen molar-refractivity contribution in [2.45, 2.75) is 59.2 Å². The Morgan fingerprint density at radius 3 is 2.18 bits per heavy atom. The molecule has 0 aliphatic rings. The van der Waals surface area contributed by atoms with Gasteiger partial charge in [-0.15, -0.1) is 0 Å². The molecule has 0 fully saturated rings. The third kappa shape index (κ3) is 5.13. The summed E-state index contributed by atoms with van der Waals surface area (Å²) in [5.41, 5.74) is 0.403. The monoisotopic (exact) mass is 445 g/mol. The maximum atomic E-state index is 12.9. The molecule has 33 heavy (non-hydrogen) atoms. The molecule has 0 aromatic heterocycles. The third-order valence-corrected chi connectivity index (χ3v) is 6.46. The lowest BCUT2D eigenvalue weighted by Crippen LogP contribution is -2.42. The average Bonchev–Trinajstić information content (AvgIpc) is 2.78. The molecule has 174 valence electrons. The Morgan fingerprint density at radius 1 is 0.909 bits per heavy atom. The van der Waals surface area contributed by atoms with E-state index in [1.807, 2.05) is 34.6 Å². The number of carbonyl (C=O) groups is 1. The first-order valence-electron chi connectivity index (χ1n) is 11.8. The second-order valence-corrected chi connectivity index (χ2v) is 10.8. The van der Waals surface area contributed by atoms with Crippen LogP contribution in [0.5, 0.6) is 0 Å². The van der Waals surface area contributed by atoms with Gasteiger partial charge in [-0.25, -0.2) is 0 Å². The molecular formula is C29H35NO3. The average molecular weight is 446 g/mol. The zero-order valence-electron chi connectivity index (χ0n) is 20.4. The number of benzene rings is 4. The van der Waals surface area contributed by atoms with Crippen molar-refractivity contribution in [3.63, 3.8) is 0 Å². The highest BCUT2D eigenvalue weighted by atomic mass is 16.5. The van der Waals surface area contributed by atoms with Gasteiger partial charge in [0.1, 0.15) is 0 Å². The number of hydrogen-bond donors (Lipinski definition) is 2. The van der Waals surface area contributed by atoms with E-state index in [-0.39, 0.29) is 24.7 Å². The predicted molar refractivity (Wildman–Crippen MR) is 137 cm³/mol. The maximum absolute atomic E-state index is 12.9. The molecule has 1 unspecified atom stereocenters. The fraction of sp³-hybridized carbons (Fsp3) is 0.414. The van der Waals surface area contributed by atoms with Crippen molar-refractivity contribution in [2.24, 2.45) is 5.41 Å². The fourth-order valence-electron chi connectivity index (χ4n) is 4.43. The number of hydrogen-bond acceptors (Lipinski definition) is 3. The van der Waals surface area contributed by atoms with Gasteiger partial charge >= 0.3 is 0 Å². The number of carbonyl (C=O) groups excluding carboxylic acids is 1. The summed E-state index contributed by atoms with van der Waals surface area (Å²) in [5, 5.41) is 20.7. The van der Waals surface area contributed by atoms with Crippen LogP contribution in [0.3, 0.4) is 0 Å². The number of aliphatic hydroxyl groups excluding tert-OH is 1. The van der Waals surface area contributed by atoms with Crippen molar-refractivity contribution in [2.75, 3.05) is 13.2 Å². The van der Waals surface area contributed by atoms with E-state index in [1.54, 1.807) is 0 Å². The first-order valence-corrected chi connectivity index (χ1v) is 11.8. The molecule has 4 aromatic carbocycles. The van der Waals surface area contributed by atoms with E-state index in [2.05, 4.69) is 59.9 Å². The standard InChI is InChI=1S/C29H35NO3/c1-28(2,3)33-18-23(31)17-30-27(32)29(4,5)16-15-19-9-10-22-12-11-20-7-6-8-21-13-14-24(19)26(22)25(20)21/h6-14,23,31H,15-18H2,1-5H3,(H,30,32). The number of rotatable bonds is 8. The molecule has 4 nitrogen and oxygen atoms in total. The molecule has 4 rings (SSSR count). The van der Waals surface area contributed by atoms with Gasteiger partial charge in [-0.3, -0.25) is 4.79 Å². The fourth-order valence-corrected chi connectivity index (χ4v) is 4.43. The Balaban J connectivity index is 1.46. The van der Waals surface area contributed by atoms with Gasteiger partial charge in [-0.1, -0.05) is 68.4 Å². The third-order valence-electron chi connectivity index (χ3n) is 6.46. The molecule has 0 radical (unpaired) electrons. The van der Waals surface area contributed by atoms with Gasteiger partial charge in [0, 0.05) is 12.0 Å². The van der Waals surface area contributed by atoms with Gasteiger partial charge in [-0.05, 0) is 71.5 Å². The van der Waals surface area contributed by atoms with Crippen molar-refractivity contribution in [1.82, 2.24) is 5.32 Å². The van der Waals surface area contributed by atoms with Gasteiger partial charge in [0.25, 0.3) is 0 Å². The highest BCUT2D eigenvalue weighted by molar-refractivity contribution is 6.23. The minimum atomic E-state index is -0.721. The van der Waals surface area contributed by atoms with Crippen LogP contribution in [0.1, 0.15) is 46.6 Å². The summed E-state index contributed by atoms with van der Waals surface area (Å²) in [6.45, 7) is 10.2. The van der Waals surface area contributed by atoms with Crippen LogP contribution < -0.4 is 5.32 Å². The molecular weight excluding hydrogens is 410 g/mol. The number of ether oxygens (including phenoxy) is 1. The Hall–Kier alpha value is -2.69. The van der Waals surface area contributed by atoms with Crippen LogP contribution in [0, 0.1) is 5.41 Å². The molecule has 1 atom stereocenters. The molecule has 0 saturated heterocycles. The highest BCUT2D eigenvalue weighted by Gasteiger charge is 2.28. The van der Waals surface area contributed by atoms with Gasteiger partial charge in [0.2, 0.25) is 5.91 Å². The topological polar surface area (TPSA) is 58.6 Å². The lowest BCUT2D eigenvalue weighted by Gasteiger charge is -2.26. The predicted octanol–water partition coefficient (Wildman–Crippen LogP) is 5.84. The van der Waals surface area contributed by atoms with Crippen LogP contribution in [0.25, 0.3) is 32.3 Å². The molecule has 0 bridgehead atoms. The largest absolute Gasteiger partial charge is 0.389 e. The molecule has 0 aliphatic carbocycles. The Kier molecular flexibility index (Phi) is 6.35. The van der Waals surface area contributed by atoms with E-state index in [0.29, 0.717) is 0 Å². The van der Waals surface area contributed by atoms with E-state index < -0.39 is 11.5 Å². The SMILES string of the molecule is CC(C)(C)OCC(O)CNC(=O)C(C)(C)CCc1ccc2ccc3cccc4ccc1c2c34. The van der Waals surface area contributed by atoms with Crippen LogP contribution in [0.4, 0.5) is 0 Å². The summed E-state index contributed by atoms with van der Waals surface area (Å²) in [5.74, 6) is -0.0463. The zero-order chi connectivity index (χ0) is 23.8. The lowest BCUT2D eigenvalue weighted by atomic mass is 9.83. The summed E-state index contributed by atoms with van der Waals surface area (Å²) in [6.07, 6.45) is 0.809.